The molecule has 150 valence electrons. The third-order valence-electron chi connectivity index (χ3n) is 5.90. The van der Waals surface area contributed by atoms with Gasteiger partial charge in [0.2, 0.25) is 0 Å². The minimum atomic E-state index is -3.08. The Kier molecular flexibility index (Phi) is 5.77. The highest BCUT2D eigenvalue weighted by atomic mass is 32.2. The van der Waals surface area contributed by atoms with Crippen molar-refractivity contribution in [3.8, 4) is 6.07 Å². The molecule has 0 radical (unpaired) electrons. The molecule has 0 amide bonds. The predicted octanol–water partition coefficient (Wildman–Crippen LogP) is 4.45. The van der Waals surface area contributed by atoms with Crippen LogP contribution >= 0.6 is 0 Å². The zero-order valence-corrected chi connectivity index (χ0v) is 17.5. The number of nitriles is 1. The zero-order valence-electron chi connectivity index (χ0n) is 16.7. The third kappa shape index (κ3) is 4.35. The van der Waals surface area contributed by atoms with E-state index in [-0.39, 0.29) is 17.2 Å². The summed E-state index contributed by atoms with van der Waals surface area (Å²) in [5.74, 6) is 0.415. The van der Waals surface area contributed by atoms with Crippen molar-refractivity contribution in [3.05, 3.63) is 46.8 Å². The molecule has 1 fully saturated rings. The van der Waals surface area contributed by atoms with Crippen molar-refractivity contribution < 1.29 is 12.8 Å². The van der Waals surface area contributed by atoms with Gasteiger partial charge in [0.25, 0.3) is 0 Å². The van der Waals surface area contributed by atoms with Crippen LogP contribution in [0.4, 0.5) is 4.39 Å². The van der Waals surface area contributed by atoms with Crippen molar-refractivity contribution in [2.24, 2.45) is 16.8 Å². The van der Waals surface area contributed by atoms with Crippen LogP contribution in [0, 0.1) is 29.0 Å². The Morgan fingerprint density at radius 1 is 1.21 bits per heavy atom. The summed E-state index contributed by atoms with van der Waals surface area (Å²) in [4.78, 5) is 4.57. The first-order valence-corrected chi connectivity index (χ1v) is 11.4. The quantitative estimate of drug-likeness (QED) is 0.747. The summed E-state index contributed by atoms with van der Waals surface area (Å²) in [5.41, 5.74) is 2.85. The van der Waals surface area contributed by atoms with Crippen LogP contribution in [0.2, 0.25) is 0 Å². The molecule has 1 aromatic rings. The van der Waals surface area contributed by atoms with Crippen LogP contribution in [0.15, 0.2) is 34.8 Å². The Bertz CT molecular complexity index is 957. The van der Waals surface area contributed by atoms with Crippen LogP contribution in [-0.4, -0.2) is 31.2 Å². The van der Waals surface area contributed by atoms with Crippen LogP contribution in [-0.2, 0) is 9.84 Å². The topological polar surface area (TPSA) is 70.3 Å². The molecular weight excluding hydrogens is 375 g/mol. The maximum absolute atomic E-state index is 13.5. The van der Waals surface area contributed by atoms with Gasteiger partial charge in [-0.3, -0.25) is 4.99 Å². The molecule has 2 aliphatic rings. The van der Waals surface area contributed by atoms with Crippen molar-refractivity contribution in [1.82, 2.24) is 0 Å². The molecule has 0 aromatic heterocycles. The highest BCUT2D eigenvalue weighted by Gasteiger charge is 2.34. The smallest absolute Gasteiger partial charge is 0.155 e. The van der Waals surface area contributed by atoms with Gasteiger partial charge in [0.05, 0.1) is 28.3 Å². The maximum Gasteiger partial charge on any atom is 0.155 e. The van der Waals surface area contributed by atoms with E-state index < -0.39 is 20.4 Å². The van der Waals surface area contributed by atoms with Crippen LogP contribution in [0.3, 0.4) is 0 Å². The van der Waals surface area contributed by atoms with Crippen molar-refractivity contribution >= 4 is 15.5 Å². The molecule has 3 rings (SSSR count). The third-order valence-corrected chi connectivity index (χ3v) is 8.67. The molecule has 1 aromatic carbocycles. The van der Waals surface area contributed by atoms with Gasteiger partial charge in [-0.1, -0.05) is 0 Å². The van der Waals surface area contributed by atoms with Crippen molar-refractivity contribution in [2.75, 3.05) is 12.3 Å². The number of allylic oxidation sites excluding steroid dienone is 1. The van der Waals surface area contributed by atoms with Gasteiger partial charge in [0.1, 0.15) is 11.9 Å². The number of benzene rings is 1. The highest BCUT2D eigenvalue weighted by molar-refractivity contribution is 7.92. The first-order valence-electron chi connectivity index (χ1n) is 9.78. The molecule has 0 unspecified atom stereocenters. The van der Waals surface area contributed by atoms with Gasteiger partial charge in [0.15, 0.2) is 9.84 Å². The molecular formula is C22H27FN2O2S. The van der Waals surface area contributed by atoms with E-state index in [1.807, 2.05) is 6.07 Å². The predicted molar refractivity (Wildman–Crippen MR) is 110 cm³/mol. The van der Waals surface area contributed by atoms with Gasteiger partial charge in [-0.2, -0.15) is 5.26 Å². The summed E-state index contributed by atoms with van der Waals surface area (Å²) >= 11 is 0. The summed E-state index contributed by atoms with van der Waals surface area (Å²) in [6.45, 7) is 5.93. The summed E-state index contributed by atoms with van der Waals surface area (Å²) in [6, 6.07) is 6.38. The van der Waals surface area contributed by atoms with Gasteiger partial charge >= 0.3 is 0 Å². The molecule has 0 bridgehead atoms. The van der Waals surface area contributed by atoms with E-state index in [9.17, 15) is 12.8 Å². The average molecular weight is 403 g/mol. The summed E-state index contributed by atoms with van der Waals surface area (Å²) < 4.78 is 37.7. The van der Waals surface area contributed by atoms with E-state index in [4.69, 9.17) is 5.26 Å². The minimum absolute atomic E-state index is 0.0302. The van der Waals surface area contributed by atoms with E-state index in [2.05, 4.69) is 11.1 Å². The van der Waals surface area contributed by atoms with Crippen LogP contribution in [0.5, 0.6) is 0 Å². The standard InChI is InChI=1S/C22H27FN2O2S/c1-22(2,3)28(26,27)14-15-4-6-16(7-5-15)19-11-21(25-13-19)17-8-9-20(23)18(10-17)12-24/h8-11,15-16H,4-7,13-14H2,1-3H3. The highest BCUT2D eigenvalue weighted by Crippen LogP contribution is 2.36. The molecule has 0 atom stereocenters. The largest absolute Gasteiger partial charge is 0.280 e. The number of rotatable bonds is 4. The molecule has 0 saturated heterocycles. The van der Waals surface area contributed by atoms with Crippen LogP contribution in [0.25, 0.3) is 0 Å². The Labute approximate surface area is 167 Å². The number of hydrogen-bond acceptors (Lipinski definition) is 4. The monoisotopic (exact) mass is 402 g/mol. The Morgan fingerprint density at radius 2 is 1.89 bits per heavy atom. The lowest BCUT2D eigenvalue weighted by atomic mass is 9.79. The molecule has 1 aliphatic heterocycles. The summed E-state index contributed by atoms with van der Waals surface area (Å²) in [7, 11) is -3.08. The van der Waals surface area contributed by atoms with Crippen molar-refractivity contribution in [2.45, 2.75) is 51.2 Å². The fourth-order valence-electron chi connectivity index (χ4n) is 3.90. The maximum atomic E-state index is 13.5. The molecule has 0 spiro atoms. The second kappa shape index (κ2) is 7.79. The van der Waals surface area contributed by atoms with Crippen molar-refractivity contribution in [1.29, 1.82) is 5.26 Å². The number of halogens is 1. The van der Waals surface area contributed by atoms with Crippen molar-refractivity contribution in [3.63, 3.8) is 0 Å². The lowest BCUT2D eigenvalue weighted by Gasteiger charge is -2.31. The van der Waals surface area contributed by atoms with Gasteiger partial charge in [-0.25, -0.2) is 12.8 Å². The summed E-state index contributed by atoms with van der Waals surface area (Å²) in [6.07, 6.45) is 5.85. The SMILES string of the molecule is CC(C)(C)S(=O)(=O)CC1CCC(C2=CC(c3ccc(F)c(C#N)c3)=NC2)CC1. The van der Waals surface area contributed by atoms with E-state index in [1.165, 1.54) is 11.6 Å². The fraction of sp³-hybridized carbons (Fsp3) is 0.545. The van der Waals surface area contributed by atoms with Gasteiger partial charge < -0.3 is 0 Å². The van der Waals surface area contributed by atoms with E-state index in [0.29, 0.717) is 12.5 Å². The number of hydrogen-bond donors (Lipinski definition) is 0. The molecule has 4 nitrogen and oxygen atoms in total. The lowest BCUT2D eigenvalue weighted by molar-refractivity contribution is 0.319. The second-order valence-corrected chi connectivity index (χ2v) is 11.6. The molecule has 1 saturated carbocycles. The van der Waals surface area contributed by atoms with Crippen LogP contribution < -0.4 is 0 Å². The van der Waals surface area contributed by atoms with E-state index in [0.717, 1.165) is 37.0 Å². The Morgan fingerprint density at radius 3 is 2.50 bits per heavy atom. The van der Waals surface area contributed by atoms with Gasteiger partial charge in [-0.15, -0.1) is 0 Å². The average Bonchev–Trinajstić information content (AvgIpc) is 3.11. The molecule has 1 aliphatic carbocycles. The fourth-order valence-corrected chi connectivity index (χ4v) is 5.35. The zero-order chi connectivity index (χ0) is 20.5. The lowest BCUT2D eigenvalue weighted by Crippen LogP contribution is -2.34. The van der Waals surface area contributed by atoms with E-state index in [1.54, 1.807) is 32.9 Å². The normalized spacial score (nSPS) is 23.1. The molecule has 6 heteroatoms. The number of aliphatic imine (C=N–C) groups is 1. The number of nitrogens with zero attached hydrogens (tertiary/aromatic N) is 2. The van der Waals surface area contributed by atoms with Gasteiger partial charge in [0, 0.05) is 5.56 Å². The Balaban J connectivity index is 1.62. The first kappa shape index (κ1) is 20.7. The van der Waals surface area contributed by atoms with Gasteiger partial charge in [-0.05, 0) is 88.1 Å². The molecule has 28 heavy (non-hydrogen) atoms. The Hall–Kier alpha value is -2.00. The van der Waals surface area contributed by atoms with Crippen LogP contribution in [0.1, 0.15) is 57.6 Å². The first-order chi connectivity index (χ1) is 13.1. The minimum Gasteiger partial charge on any atom is -0.280 e. The molecule has 0 N–H and O–H groups in total. The molecule has 1 heterocycles. The summed E-state index contributed by atoms with van der Waals surface area (Å²) in [5, 5.41) is 9.01. The van der Waals surface area contributed by atoms with E-state index >= 15 is 0 Å². The second-order valence-electron chi connectivity index (χ2n) is 8.84. The number of sulfone groups is 1.